The van der Waals surface area contributed by atoms with Crippen LogP contribution in [0.25, 0.3) is 0 Å². The number of allylic oxidation sites excluding steroid dienone is 1. The zero-order chi connectivity index (χ0) is 16.7. The number of carbonyl (C=O) groups excluding carboxylic acids is 3. The van der Waals surface area contributed by atoms with E-state index in [1.54, 1.807) is 19.1 Å². The zero-order valence-corrected chi connectivity index (χ0v) is 14.2. The zero-order valence-electron chi connectivity index (χ0n) is 13.4. The van der Waals surface area contributed by atoms with E-state index in [4.69, 9.17) is 0 Å². The summed E-state index contributed by atoms with van der Waals surface area (Å²) in [6.45, 7) is 1.75. The lowest BCUT2D eigenvalue weighted by Gasteiger charge is -2.29. The van der Waals surface area contributed by atoms with Crippen LogP contribution in [0.15, 0.2) is 42.5 Å². The molecule has 0 aromatic heterocycles. The quantitative estimate of drug-likeness (QED) is 0.582. The Morgan fingerprint density at radius 2 is 1.83 bits per heavy atom. The minimum Gasteiger partial charge on any atom is -0.299 e. The van der Waals surface area contributed by atoms with Gasteiger partial charge in [-0.1, -0.05) is 48.2 Å². The Hall–Kier alpha value is -1.68. The fourth-order valence-electron chi connectivity index (χ4n) is 2.72. The van der Waals surface area contributed by atoms with Crippen molar-refractivity contribution in [2.45, 2.75) is 44.8 Å². The van der Waals surface area contributed by atoms with Gasteiger partial charge in [-0.3, -0.25) is 14.4 Å². The summed E-state index contributed by atoms with van der Waals surface area (Å²) in [4.78, 5) is 35.8. The molecule has 0 heterocycles. The van der Waals surface area contributed by atoms with Crippen molar-refractivity contribution in [3.63, 3.8) is 0 Å². The maximum Gasteiger partial charge on any atom is 0.212 e. The van der Waals surface area contributed by atoms with Crippen LogP contribution in [-0.2, 0) is 20.1 Å². The van der Waals surface area contributed by atoms with Crippen molar-refractivity contribution in [2.75, 3.05) is 0 Å². The number of benzene rings is 1. The van der Waals surface area contributed by atoms with Crippen molar-refractivity contribution < 1.29 is 14.4 Å². The third-order valence-corrected chi connectivity index (χ3v) is 5.23. The third kappa shape index (κ3) is 4.90. The molecule has 23 heavy (non-hydrogen) atoms. The second kappa shape index (κ2) is 8.25. The van der Waals surface area contributed by atoms with Crippen LogP contribution in [0.4, 0.5) is 0 Å². The second-order valence-electron chi connectivity index (χ2n) is 6.07. The van der Waals surface area contributed by atoms with E-state index in [1.165, 1.54) is 11.8 Å². The van der Waals surface area contributed by atoms with Crippen LogP contribution in [0.1, 0.15) is 44.6 Å². The average Bonchev–Trinajstić information content (AvgIpc) is 2.56. The topological polar surface area (TPSA) is 51.2 Å². The molecule has 0 bridgehead atoms. The Bertz CT molecular complexity index is 588. The lowest BCUT2D eigenvalue weighted by atomic mass is 9.71. The predicted octanol–water partition coefficient (Wildman–Crippen LogP) is 4.11. The first-order valence-corrected chi connectivity index (χ1v) is 8.95. The number of thioether (sulfide) groups is 1. The van der Waals surface area contributed by atoms with Gasteiger partial charge in [0.05, 0.1) is 5.41 Å². The van der Waals surface area contributed by atoms with Gasteiger partial charge in [-0.2, -0.15) is 0 Å². The van der Waals surface area contributed by atoms with E-state index < -0.39 is 5.41 Å². The molecule has 3 nitrogen and oxygen atoms in total. The number of hydrogen-bond donors (Lipinski definition) is 0. The Balaban J connectivity index is 1.76. The SMILES string of the molecule is CC1(CC/C=C/C(=O)SCc2ccccc2)C(=O)CCCC1=O. The van der Waals surface area contributed by atoms with E-state index >= 15 is 0 Å². The highest BCUT2D eigenvalue weighted by Gasteiger charge is 2.41. The molecule has 0 radical (unpaired) electrons. The van der Waals surface area contributed by atoms with Crippen LogP contribution in [-0.4, -0.2) is 16.7 Å². The molecular weight excluding hydrogens is 308 g/mol. The van der Waals surface area contributed by atoms with Crippen molar-refractivity contribution >= 4 is 28.4 Å². The van der Waals surface area contributed by atoms with Crippen LogP contribution in [0.3, 0.4) is 0 Å². The third-order valence-electron chi connectivity index (χ3n) is 4.33. The number of hydrogen-bond acceptors (Lipinski definition) is 4. The van der Waals surface area contributed by atoms with E-state index in [2.05, 4.69) is 0 Å². The van der Waals surface area contributed by atoms with Gasteiger partial charge in [-0.25, -0.2) is 0 Å². The predicted molar refractivity (Wildman–Crippen MR) is 93.1 cm³/mol. The average molecular weight is 330 g/mol. The van der Waals surface area contributed by atoms with Gasteiger partial charge in [0.1, 0.15) is 11.6 Å². The Morgan fingerprint density at radius 3 is 2.48 bits per heavy atom. The summed E-state index contributed by atoms with van der Waals surface area (Å²) < 4.78 is 0. The minimum absolute atomic E-state index is 0.000281. The van der Waals surface area contributed by atoms with Crippen LogP contribution in [0.5, 0.6) is 0 Å². The van der Waals surface area contributed by atoms with Gasteiger partial charge in [-0.15, -0.1) is 0 Å². The number of ketones is 2. The lowest BCUT2D eigenvalue weighted by Crippen LogP contribution is -2.39. The van der Waals surface area contributed by atoms with Crippen molar-refractivity contribution in [1.82, 2.24) is 0 Å². The number of Topliss-reactive ketones (excluding diaryl/α,β-unsaturated/α-hetero) is 2. The van der Waals surface area contributed by atoms with Gasteiger partial charge in [0.15, 0.2) is 0 Å². The van der Waals surface area contributed by atoms with Gasteiger partial charge in [-0.05, 0) is 37.8 Å². The van der Waals surface area contributed by atoms with E-state index in [1.807, 2.05) is 30.3 Å². The first-order chi connectivity index (χ1) is 11.0. The highest BCUT2D eigenvalue weighted by atomic mass is 32.2. The Kier molecular flexibility index (Phi) is 6.34. The van der Waals surface area contributed by atoms with E-state index in [0.717, 1.165) is 5.56 Å². The molecule has 0 saturated heterocycles. The molecular formula is C19H22O3S. The fourth-order valence-corrected chi connectivity index (χ4v) is 3.42. The lowest BCUT2D eigenvalue weighted by molar-refractivity contribution is -0.143. The molecule has 1 saturated carbocycles. The molecule has 0 amide bonds. The minimum atomic E-state index is -0.844. The monoisotopic (exact) mass is 330 g/mol. The molecule has 122 valence electrons. The molecule has 1 aromatic carbocycles. The molecule has 0 N–H and O–H groups in total. The van der Waals surface area contributed by atoms with Crippen molar-refractivity contribution in [1.29, 1.82) is 0 Å². The molecule has 0 aliphatic heterocycles. The maximum atomic E-state index is 12.0. The number of carbonyl (C=O) groups is 3. The standard InChI is InChI=1S/C19H22O3S/c1-19(16(20)10-7-11-17(19)21)13-6-5-12-18(22)23-14-15-8-3-2-4-9-15/h2-5,8-9,12H,6-7,10-11,13-14H2,1H3/b12-5+. The smallest absolute Gasteiger partial charge is 0.212 e. The first-order valence-electron chi connectivity index (χ1n) is 7.96. The van der Waals surface area contributed by atoms with Gasteiger partial charge < -0.3 is 0 Å². The second-order valence-corrected chi connectivity index (χ2v) is 7.05. The van der Waals surface area contributed by atoms with Gasteiger partial charge >= 0.3 is 0 Å². The van der Waals surface area contributed by atoms with Crippen molar-refractivity contribution in [2.24, 2.45) is 5.41 Å². The number of rotatable bonds is 6. The fraction of sp³-hybridized carbons (Fsp3) is 0.421. The summed E-state index contributed by atoms with van der Waals surface area (Å²) in [6, 6.07) is 9.84. The molecule has 4 heteroatoms. The summed E-state index contributed by atoms with van der Waals surface area (Å²) in [5.41, 5.74) is 0.271. The van der Waals surface area contributed by atoms with E-state index in [-0.39, 0.29) is 16.7 Å². The summed E-state index contributed by atoms with van der Waals surface area (Å²) in [5, 5.41) is 0.000281. The first kappa shape index (κ1) is 17.7. The molecule has 1 aromatic rings. The molecule has 1 fully saturated rings. The Morgan fingerprint density at radius 1 is 1.17 bits per heavy atom. The molecule has 1 aliphatic carbocycles. The van der Waals surface area contributed by atoms with Crippen molar-refractivity contribution in [3.05, 3.63) is 48.0 Å². The van der Waals surface area contributed by atoms with Gasteiger partial charge in [0.25, 0.3) is 0 Å². The largest absolute Gasteiger partial charge is 0.299 e. The highest BCUT2D eigenvalue weighted by Crippen LogP contribution is 2.34. The van der Waals surface area contributed by atoms with Crippen molar-refractivity contribution in [3.8, 4) is 0 Å². The van der Waals surface area contributed by atoms with Gasteiger partial charge in [0, 0.05) is 18.6 Å². The van der Waals surface area contributed by atoms with E-state index in [0.29, 0.717) is 37.9 Å². The molecule has 0 spiro atoms. The Labute approximate surface area is 141 Å². The summed E-state index contributed by atoms with van der Waals surface area (Å²) in [5.74, 6) is 0.748. The van der Waals surface area contributed by atoms with Gasteiger partial charge in [0.2, 0.25) is 5.12 Å². The summed E-state index contributed by atoms with van der Waals surface area (Å²) >= 11 is 1.26. The molecule has 2 rings (SSSR count). The normalized spacial score (nSPS) is 17.6. The molecule has 0 unspecified atom stereocenters. The van der Waals surface area contributed by atoms with Crippen LogP contribution in [0, 0.1) is 5.41 Å². The summed E-state index contributed by atoms with van der Waals surface area (Å²) in [6.07, 6.45) is 6.08. The maximum absolute atomic E-state index is 12.0. The van der Waals surface area contributed by atoms with E-state index in [9.17, 15) is 14.4 Å². The molecule has 1 aliphatic rings. The van der Waals surface area contributed by atoms with Crippen LogP contribution >= 0.6 is 11.8 Å². The summed E-state index contributed by atoms with van der Waals surface area (Å²) in [7, 11) is 0. The van der Waals surface area contributed by atoms with Crippen LogP contribution in [0.2, 0.25) is 0 Å². The molecule has 0 atom stereocenters. The highest BCUT2D eigenvalue weighted by molar-refractivity contribution is 8.13. The van der Waals surface area contributed by atoms with Crippen LogP contribution < -0.4 is 0 Å².